The summed E-state index contributed by atoms with van der Waals surface area (Å²) < 4.78 is 35.6. The number of nitrogens with one attached hydrogen (secondary N) is 1. The number of anilines is 1. The summed E-state index contributed by atoms with van der Waals surface area (Å²) in [7, 11) is -1.04. The van der Waals surface area contributed by atoms with Crippen molar-refractivity contribution >= 4 is 67.6 Å². The fourth-order valence-corrected chi connectivity index (χ4v) is 7.04. The Morgan fingerprint density at radius 1 is 1.12 bits per heavy atom. The number of fused-ring (bicyclic) bond motifs is 1. The average Bonchev–Trinajstić information content (AvgIpc) is 3.55. The molecule has 13 heteroatoms. The minimum Gasteiger partial charge on any atom is -0.464 e. The summed E-state index contributed by atoms with van der Waals surface area (Å²) in [5.41, 5.74) is 1.13. The standard InChI is InChI=1S/C28H32Cl2N4O6S/c1-4-5-11-40-26(35)17-34(41(38,39)21-13-18(29)12-19(30)14-21)20-8-9-22-23(16-32(3)25(22)15-20)28(37)33-10-6-7-24(33)27(36)31-2/h8-9,12-16,24H,4-7,10-11,17H2,1-3H3,(H,31,36). The minimum atomic E-state index is -4.31. The molecule has 0 saturated carbocycles. The molecule has 1 unspecified atom stereocenters. The molecule has 1 saturated heterocycles. The van der Waals surface area contributed by atoms with Gasteiger partial charge in [0.25, 0.3) is 15.9 Å². The third kappa shape index (κ3) is 6.47. The van der Waals surface area contributed by atoms with E-state index in [-0.39, 0.29) is 39.0 Å². The lowest BCUT2D eigenvalue weighted by molar-refractivity contribution is -0.141. The van der Waals surface area contributed by atoms with Crippen molar-refractivity contribution in [3.05, 3.63) is 58.2 Å². The van der Waals surface area contributed by atoms with Gasteiger partial charge in [-0.15, -0.1) is 0 Å². The van der Waals surface area contributed by atoms with Crippen LogP contribution in [-0.2, 0) is 31.4 Å². The molecule has 2 amide bonds. The molecule has 1 atom stereocenters. The highest BCUT2D eigenvalue weighted by molar-refractivity contribution is 7.92. The molecule has 1 N–H and O–H groups in total. The molecule has 3 aromatic rings. The lowest BCUT2D eigenvalue weighted by atomic mass is 10.1. The number of esters is 1. The Labute approximate surface area is 249 Å². The van der Waals surface area contributed by atoms with E-state index < -0.39 is 28.6 Å². The summed E-state index contributed by atoms with van der Waals surface area (Å²) in [6.07, 6.45) is 4.40. The van der Waals surface area contributed by atoms with Crippen molar-refractivity contribution in [1.29, 1.82) is 0 Å². The number of hydrogen-bond acceptors (Lipinski definition) is 6. The highest BCUT2D eigenvalue weighted by Crippen LogP contribution is 2.33. The number of benzene rings is 2. The SMILES string of the molecule is CCCCOC(=O)CN(c1ccc2c(C(=O)N3CCCC3C(=O)NC)cn(C)c2c1)S(=O)(=O)c1cc(Cl)cc(Cl)c1. The maximum Gasteiger partial charge on any atom is 0.326 e. The lowest BCUT2D eigenvalue weighted by Gasteiger charge is -2.24. The van der Waals surface area contributed by atoms with Crippen LogP contribution in [0.1, 0.15) is 43.0 Å². The predicted molar refractivity (Wildman–Crippen MR) is 158 cm³/mol. The number of aromatic nitrogens is 1. The van der Waals surface area contributed by atoms with E-state index >= 15 is 0 Å². The van der Waals surface area contributed by atoms with Gasteiger partial charge in [-0.1, -0.05) is 36.5 Å². The van der Waals surface area contributed by atoms with Crippen LogP contribution in [0.2, 0.25) is 10.0 Å². The predicted octanol–water partition coefficient (Wildman–Crippen LogP) is 4.37. The number of nitrogens with zero attached hydrogens (tertiary/aromatic N) is 3. The van der Waals surface area contributed by atoms with Gasteiger partial charge in [-0.05, 0) is 55.7 Å². The number of halogens is 2. The van der Waals surface area contributed by atoms with Crippen LogP contribution >= 0.6 is 23.2 Å². The first kappa shape index (κ1) is 30.7. The Morgan fingerprint density at radius 2 is 1.83 bits per heavy atom. The van der Waals surface area contributed by atoms with Crippen molar-refractivity contribution in [1.82, 2.24) is 14.8 Å². The fourth-order valence-electron chi connectivity index (χ4n) is 4.91. The maximum absolute atomic E-state index is 13.8. The van der Waals surface area contributed by atoms with E-state index in [1.807, 2.05) is 6.92 Å². The van der Waals surface area contributed by atoms with Crippen molar-refractivity contribution in [3.63, 3.8) is 0 Å². The smallest absolute Gasteiger partial charge is 0.326 e. The molecule has 2 aromatic carbocycles. The van der Waals surface area contributed by atoms with E-state index in [0.717, 1.165) is 10.7 Å². The molecule has 0 bridgehead atoms. The first-order valence-electron chi connectivity index (χ1n) is 13.2. The molecular weight excluding hydrogens is 591 g/mol. The topological polar surface area (TPSA) is 118 Å². The molecule has 1 aliphatic heterocycles. The largest absolute Gasteiger partial charge is 0.464 e. The highest BCUT2D eigenvalue weighted by atomic mass is 35.5. The van der Waals surface area contributed by atoms with Crippen LogP contribution in [-0.4, -0.2) is 68.5 Å². The number of sulfonamides is 1. The van der Waals surface area contributed by atoms with Gasteiger partial charge in [0.15, 0.2) is 0 Å². The summed E-state index contributed by atoms with van der Waals surface area (Å²) in [6, 6.07) is 8.14. The Morgan fingerprint density at radius 3 is 2.49 bits per heavy atom. The lowest BCUT2D eigenvalue weighted by Crippen LogP contribution is -2.44. The van der Waals surface area contributed by atoms with Gasteiger partial charge >= 0.3 is 5.97 Å². The Balaban J connectivity index is 1.75. The molecular formula is C28H32Cl2N4O6S. The number of likely N-dealkylation sites (tertiary alicyclic amines) is 1. The number of amides is 2. The summed E-state index contributed by atoms with van der Waals surface area (Å²) in [5.74, 6) is -1.22. The number of aryl methyl sites for hydroxylation is 1. The second kappa shape index (κ2) is 12.7. The first-order valence-corrected chi connectivity index (χ1v) is 15.4. The maximum atomic E-state index is 13.8. The van der Waals surface area contributed by atoms with Gasteiger partial charge in [0.05, 0.1) is 28.3 Å². The second-order valence-electron chi connectivity index (χ2n) is 9.82. The van der Waals surface area contributed by atoms with Crippen molar-refractivity contribution in [2.24, 2.45) is 7.05 Å². The molecule has 0 spiro atoms. The molecule has 220 valence electrons. The number of hydrogen-bond donors (Lipinski definition) is 1. The van der Waals surface area contributed by atoms with Crippen LogP contribution in [0.25, 0.3) is 10.9 Å². The Bertz CT molecular complexity index is 1570. The molecule has 0 radical (unpaired) electrons. The highest BCUT2D eigenvalue weighted by Gasteiger charge is 2.35. The number of unbranched alkanes of at least 4 members (excludes halogenated alkanes) is 1. The van der Waals surface area contributed by atoms with Crippen molar-refractivity contribution < 1.29 is 27.5 Å². The zero-order valence-corrected chi connectivity index (χ0v) is 25.4. The third-order valence-corrected chi connectivity index (χ3v) is 9.20. The zero-order valence-electron chi connectivity index (χ0n) is 23.0. The van der Waals surface area contributed by atoms with E-state index in [1.165, 1.54) is 24.3 Å². The van der Waals surface area contributed by atoms with Gasteiger partial charge in [0, 0.05) is 42.3 Å². The quantitative estimate of drug-likeness (QED) is 0.265. The van der Waals surface area contributed by atoms with Gasteiger partial charge in [0.2, 0.25) is 5.91 Å². The van der Waals surface area contributed by atoms with E-state index in [0.29, 0.717) is 42.3 Å². The van der Waals surface area contributed by atoms with Crippen LogP contribution in [0.5, 0.6) is 0 Å². The van der Waals surface area contributed by atoms with Crippen LogP contribution in [0.4, 0.5) is 5.69 Å². The number of carbonyl (C=O) groups is 3. The molecule has 1 aliphatic rings. The van der Waals surface area contributed by atoms with Crippen molar-refractivity contribution in [2.75, 3.05) is 31.0 Å². The Hall–Kier alpha value is -3.28. The van der Waals surface area contributed by atoms with E-state index in [4.69, 9.17) is 27.9 Å². The second-order valence-corrected chi connectivity index (χ2v) is 12.6. The molecule has 1 fully saturated rings. The first-order chi connectivity index (χ1) is 19.5. The third-order valence-electron chi connectivity index (χ3n) is 7.01. The van der Waals surface area contributed by atoms with Gasteiger partial charge in [-0.3, -0.25) is 18.7 Å². The molecule has 0 aliphatic carbocycles. The molecule has 4 rings (SSSR count). The Kier molecular flexibility index (Phi) is 9.51. The van der Waals surface area contributed by atoms with Crippen LogP contribution in [0.15, 0.2) is 47.5 Å². The minimum absolute atomic E-state index is 0.125. The summed E-state index contributed by atoms with van der Waals surface area (Å²) in [4.78, 5) is 40.0. The molecule has 41 heavy (non-hydrogen) atoms. The summed E-state index contributed by atoms with van der Waals surface area (Å²) in [6.45, 7) is 1.99. The number of likely N-dealkylation sites (N-methyl/N-ethyl adjacent to an activating group) is 1. The normalized spacial score (nSPS) is 15.2. The number of ether oxygens (including phenoxy) is 1. The van der Waals surface area contributed by atoms with Crippen molar-refractivity contribution in [3.8, 4) is 0 Å². The van der Waals surface area contributed by atoms with E-state index in [1.54, 1.807) is 41.9 Å². The zero-order chi connectivity index (χ0) is 29.9. The van der Waals surface area contributed by atoms with Crippen LogP contribution < -0.4 is 9.62 Å². The van der Waals surface area contributed by atoms with Gasteiger partial charge < -0.3 is 19.5 Å². The van der Waals surface area contributed by atoms with Crippen molar-refractivity contribution in [2.45, 2.75) is 43.5 Å². The van der Waals surface area contributed by atoms with Gasteiger partial charge in [-0.25, -0.2) is 8.42 Å². The summed E-state index contributed by atoms with van der Waals surface area (Å²) >= 11 is 12.2. The van der Waals surface area contributed by atoms with Crippen LogP contribution in [0.3, 0.4) is 0 Å². The molecule has 1 aromatic heterocycles. The summed E-state index contributed by atoms with van der Waals surface area (Å²) in [5, 5.41) is 3.45. The van der Waals surface area contributed by atoms with E-state index in [2.05, 4.69) is 5.32 Å². The number of rotatable bonds is 10. The molecule has 2 heterocycles. The fraction of sp³-hybridized carbons (Fsp3) is 0.393. The molecule has 10 nitrogen and oxygen atoms in total. The monoisotopic (exact) mass is 622 g/mol. The van der Waals surface area contributed by atoms with Gasteiger partial charge in [0.1, 0.15) is 12.6 Å². The van der Waals surface area contributed by atoms with E-state index in [9.17, 15) is 22.8 Å². The number of carbonyl (C=O) groups excluding carboxylic acids is 3. The van der Waals surface area contributed by atoms with Gasteiger partial charge in [-0.2, -0.15) is 0 Å². The van der Waals surface area contributed by atoms with Crippen LogP contribution in [0, 0.1) is 0 Å². The average molecular weight is 624 g/mol.